The van der Waals surface area contributed by atoms with Crippen LogP contribution < -0.4 is 14.2 Å². The number of hydrogen-bond acceptors (Lipinski definition) is 5. The Kier molecular flexibility index (Phi) is 6.82. The first-order valence-corrected chi connectivity index (χ1v) is 13.1. The number of anilines is 2. The quantitative estimate of drug-likeness (QED) is 0.406. The minimum atomic E-state index is -3.84. The number of rotatable bonds is 7. The van der Waals surface area contributed by atoms with E-state index >= 15 is 0 Å². The second-order valence-electron chi connectivity index (χ2n) is 6.85. The minimum Gasteiger partial charge on any atom is -0.496 e. The molecule has 3 rings (SSSR count). The van der Waals surface area contributed by atoms with Crippen molar-refractivity contribution in [3.8, 4) is 5.75 Å². The van der Waals surface area contributed by atoms with Crippen molar-refractivity contribution in [2.45, 2.75) is 23.6 Å². The number of halogens is 1. The molecular formula is C21H21IN2O5S2. The highest BCUT2D eigenvalue weighted by Gasteiger charge is 2.18. The average molecular weight is 572 g/mol. The summed E-state index contributed by atoms with van der Waals surface area (Å²) in [5, 5.41) is 0. The van der Waals surface area contributed by atoms with Crippen molar-refractivity contribution in [3.63, 3.8) is 0 Å². The zero-order valence-corrected chi connectivity index (χ0v) is 20.8. The third-order valence-electron chi connectivity index (χ3n) is 4.48. The molecule has 2 N–H and O–H groups in total. The number of nitrogens with one attached hydrogen (secondary N) is 2. The number of methoxy groups -OCH3 is 1. The number of ether oxygens (including phenoxy) is 1. The SMILES string of the molecule is COc1ccc(S(=O)(=O)Nc2ccc(S(=O)(=O)Nc3ccc(C)cc3C)cc2)cc1I. The lowest BCUT2D eigenvalue weighted by Crippen LogP contribution is -2.15. The minimum absolute atomic E-state index is 0.0226. The monoisotopic (exact) mass is 572 g/mol. The van der Waals surface area contributed by atoms with E-state index in [1.165, 1.54) is 43.5 Å². The van der Waals surface area contributed by atoms with Gasteiger partial charge in [0, 0.05) is 5.69 Å². The molecule has 0 aliphatic rings. The molecule has 7 nitrogen and oxygen atoms in total. The number of sulfonamides is 2. The molecule has 0 heterocycles. The third kappa shape index (κ3) is 5.49. The van der Waals surface area contributed by atoms with Crippen LogP contribution in [0.15, 0.2) is 70.5 Å². The van der Waals surface area contributed by atoms with Gasteiger partial charge in [-0.3, -0.25) is 9.44 Å². The highest BCUT2D eigenvalue weighted by molar-refractivity contribution is 14.1. The fourth-order valence-electron chi connectivity index (χ4n) is 2.86. The van der Waals surface area contributed by atoms with E-state index in [2.05, 4.69) is 9.44 Å². The standard InChI is InChI=1S/C21H21IN2O5S2/c1-14-4-10-20(15(2)12-14)24-30(25,26)17-7-5-16(6-8-17)23-31(27,28)18-9-11-21(29-3)19(22)13-18/h4-13,23-24H,1-3H3. The third-order valence-corrected chi connectivity index (χ3v) is 8.08. The Balaban J connectivity index is 1.80. The van der Waals surface area contributed by atoms with Crippen LogP contribution in [-0.4, -0.2) is 23.9 Å². The first-order valence-electron chi connectivity index (χ1n) is 9.08. The molecule has 0 bridgehead atoms. The van der Waals surface area contributed by atoms with Gasteiger partial charge in [0.15, 0.2) is 0 Å². The van der Waals surface area contributed by atoms with Gasteiger partial charge in [-0.25, -0.2) is 16.8 Å². The summed E-state index contributed by atoms with van der Waals surface area (Å²) in [6.45, 7) is 3.75. The number of hydrogen-bond donors (Lipinski definition) is 2. The van der Waals surface area contributed by atoms with Crippen LogP contribution in [0.1, 0.15) is 11.1 Å². The van der Waals surface area contributed by atoms with Crippen LogP contribution in [-0.2, 0) is 20.0 Å². The Morgan fingerprint density at radius 3 is 1.97 bits per heavy atom. The molecular weight excluding hydrogens is 551 g/mol. The highest BCUT2D eigenvalue weighted by atomic mass is 127. The van der Waals surface area contributed by atoms with Crippen molar-refractivity contribution in [1.29, 1.82) is 0 Å². The van der Waals surface area contributed by atoms with Crippen LogP contribution in [0.25, 0.3) is 0 Å². The fourth-order valence-corrected chi connectivity index (χ4v) is 6.02. The molecule has 0 saturated heterocycles. The molecule has 0 aliphatic carbocycles. The predicted octanol–water partition coefficient (Wildman–Crippen LogP) is 4.52. The summed E-state index contributed by atoms with van der Waals surface area (Å²) < 4.78 is 61.5. The molecule has 0 amide bonds. The molecule has 0 saturated carbocycles. The average Bonchev–Trinajstić information content (AvgIpc) is 2.70. The van der Waals surface area contributed by atoms with Gasteiger partial charge in [0.25, 0.3) is 20.0 Å². The van der Waals surface area contributed by atoms with Gasteiger partial charge < -0.3 is 4.74 Å². The second kappa shape index (κ2) is 9.05. The van der Waals surface area contributed by atoms with Gasteiger partial charge in [-0.1, -0.05) is 17.7 Å². The van der Waals surface area contributed by atoms with Crippen LogP contribution in [0.4, 0.5) is 11.4 Å². The summed E-state index contributed by atoms with van der Waals surface area (Å²) in [5.41, 5.74) is 2.58. The van der Waals surface area contributed by atoms with Gasteiger partial charge in [0.1, 0.15) is 5.75 Å². The van der Waals surface area contributed by atoms with E-state index in [4.69, 9.17) is 4.74 Å². The first-order chi connectivity index (χ1) is 14.5. The van der Waals surface area contributed by atoms with Gasteiger partial charge in [-0.15, -0.1) is 0 Å². The van der Waals surface area contributed by atoms with E-state index in [0.29, 0.717) is 15.0 Å². The van der Waals surface area contributed by atoms with Crippen LogP contribution in [0.5, 0.6) is 5.75 Å². The van der Waals surface area contributed by atoms with E-state index in [9.17, 15) is 16.8 Å². The van der Waals surface area contributed by atoms with Crippen molar-refractivity contribution >= 4 is 54.0 Å². The Hall–Kier alpha value is -2.31. The number of aryl methyl sites for hydroxylation is 2. The Labute approximate surface area is 196 Å². The molecule has 3 aromatic carbocycles. The van der Waals surface area contributed by atoms with Crippen molar-refractivity contribution in [2.24, 2.45) is 0 Å². The normalized spacial score (nSPS) is 11.7. The van der Waals surface area contributed by atoms with E-state index in [1.807, 2.05) is 48.6 Å². The highest BCUT2D eigenvalue weighted by Crippen LogP contribution is 2.26. The summed E-state index contributed by atoms with van der Waals surface area (Å²) >= 11 is 1.99. The molecule has 164 valence electrons. The summed E-state index contributed by atoms with van der Waals surface area (Å²) in [6, 6.07) is 15.4. The van der Waals surface area contributed by atoms with Gasteiger partial charge in [0.2, 0.25) is 0 Å². The van der Waals surface area contributed by atoms with Crippen molar-refractivity contribution in [3.05, 3.63) is 75.4 Å². The molecule has 0 radical (unpaired) electrons. The maximum atomic E-state index is 12.7. The van der Waals surface area contributed by atoms with Crippen LogP contribution in [0, 0.1) is 17.4 Å². The summed E-state index contributed by atoms with van der Waals surface area (Å²) in [5.74, 6) is 0.574. The van der Waals surface area contributed by atoms with Crippen LogP contribution in [0.2, 0.25) is 0 Å². The smallest absolute Gasteiger partial charge is 0.261 e. The predicted molar refractivity (Wildman–Crippen MR) is 130 cm³/mol. The van der Waals surface area contributed by atoms with E-state index in [-0.39, 0.29) is 15.5 Å². The van der Waals surface area contributed by atoms with Crippen LogP contribution >= 0.6 is 22.6 Å². The fraction of sp³-hybridized carbons (Fsp3) is 0.143. The van der Waals surface area contributed by atoms with Gasteiger partial charge in [-0.2, -0.15) is 0 Å². The van der Waals surface area contributed by atoms with Gasteiger partial charge in [-0.05, 0) is 90.5 Å². The maximum Gasteiger partial charge on any atom is 0.261 e. The van der Waals surface area contributed by atoms with Gasteiger partial charge in [0.05, 0.1) is 26.2 Å². The first kappa shape index (κ1) is 23.4. The van der Waals surface area contributed by atoms with Crippen molar-refractivity contribution in [1.82, 2.24) is 0 Å². The zero-order valence-electron chi connectivity index (χ0n) is 17.0. The molecule has 3 aromatic rings. The topological polar surface area (TPSA) is 102 Å². The maximum absolute atomic E-state index is 12.7. The van der Waals surface area contributed by atoms with Gasteiger partial charge >= 0.3 is 0 Å². The molecule has 0 aliphatic heterocycles. The lowest BCUT2D eigenvalue weighted by atomic mass is 10.1. The molecule has 0 unspecified atom stereocenters. The Morgan fingerprint density at radius 2 is 1.39 bits per heavy atom. The molecule has 10 heteroatoms. The second-order valence-corrected chi connectivity index (χ2v) is 11.4. The van der Waals surface area contributed by atoms with Crippen LogP contribution in [0.3, 0.4) is 0 Å². The number of benzene rings is 3. The molecule has 0 fully saturated rings. The summed E-state index contributed by atoms with van der Waals surface area (Å²) in [6.07, 6.45) is 0. The van der Waals surface area contributed by atoms with Crippen molar-refractivity contribution in [2.75, 3.05) is 16.6 Å². The molecule has 0 atom stereocenters. The lowest BCUT2D eigenvalue weighted by Gasteiger charge is -2.13. The van der Waals surface area contributed by atoms with Crippen molar-refractivity contribution < 1.29 is 21.6 Å². The molecule has 0 spiro atoms. The van der Waals surface area contributed by atoms with E-state index in [0.717, 1.165) is 11.1 Å². The molecule has 0 aromatic heterocycles. The molecule has 31 heavy (non-hydrogen) atoms. The Morgan fingerprint density at radius 1 is 0.774 bits per heavy atom. The lowest BCUT2D eigenvalue weighted by molar-refractivity contribution is 0.411. The summed E-state index contributed by atoms with van der Waals surface area (Å²) in [4.78, 5) is 0.0975. The van der Waals surface area contributed by atoms with E-state index < -0.39 is 20.0 Å². The summed E-state index contributed by atoms with van der Waals surface area (Å²) in [7, 11) is -6.15. The Bertz CT molecular complexity index is 1320. The van der Waals surface area contributed by atoms with E-state index in [1.54, 1.807) is 12.1 Å². The zero-order chi connectivity index (χ0) is 22.8. The largest absolute Gasteiger partial charge is 0.496 e.